The molecule has 0 fully saturated rings. The van der Waals surface area contributed by atoms with Crippen molar-refractivity contribution in [3.05, 3.63) is 115 Å². The third-order valence-electron chi connectivity index (χ3n) is 11.9. The van der Waals surface area contributed by atoms with E-state index in [1.165, 1.54) is 0 Å². The summed E-state index contributed by atoms with van der Waals surface area (Å²) in [6, 6.07) is 17.2. The number of benzene rings is 4. The van der Waals surface area contributed by atoms with Crippen LogP contribution in [-0.2, 0) is 89.5 Å². The molecule has 72 heavy (non-hydrogen) atoms. The Balaban J connectivity index is 1.99. The molecule has 1 aliphatic carbocycles. The smallest absolute Gasteiger partial charge is 0.344 e. The summed E-state index contributed by atoms with van der Waals surface area (Å²) in [7, 11) is 0. The van der Waals surface area contributed by atoms with Gasteiger partial charge in [-0.1, -0.05) is 104 Å². The highest BCUT2D eigenvalue weighted by molar-refractivity contribution is 5.73. The van der Waals surface area contributed by atoms with Gasteiger partial charge in [-0.3, -0.25) is 0 Å². The van der Waals surface area contributed by atoms with E-state index in [4.69, 9.17) is 37.9 Å². The van der Waals surface area contributed by atoms with Gasteiger partial charge in [0.15, 0.2) is 26.4 Å². The number of carbonyl (C=O) groups excluding carboxylic acids is 4. The van der Waals surface area contributed by atoms with Crippen LogP contribution in [0.4, 0.5) is 0 Å². The number of hydrogen-bond donors (Lipinski definition) is 0. The first-order chi connectivity index (χ1) is 34.4. The maximum absolute atomic E-state index is 13.2. The second-order valence-electron chi connectivity index (χ2n) is 20.4. The molecule has 5 rings (SSSR count). The maximum Gasteiger partial charge on any atom is 0.344 e. The molecule has 0 saturated heterocycles. The summed E-state index contributed by atoms with van der Waals surface area (Å²) in [5, 5.41) is 0. The first-order valence-corrected chi connectivity index (χ1v) is 26.1. The van der Waals surface area contributed by atoms with E-state index in [9.17, 15) is 19.2 Å². The zero-order valence-corrected chi connectivity index (χ0v) is 45.1. The van der Waals surface area contributed by atoms with Crippen molar-refractivity contribution in [1.29, 1.82) is 0 Å². The van der Waals surface area contributed by atoms with Crippen LogP contribution in [0.25, 0.3) is 0 Å². The van der Waals surface area contributed by atoms with E-state index in [0.29, 0.717) is 72.4 Å². The fourth-order valence-corrected chi connectivity index (χ4v) is 9.61. The van der Waals surface area contributed by atoms with Crippen molar-refractivity contribution < 1.29 is 57.1 Å². The molecule has 0 N–H and O–H groups in total. The van der Waals surface area contributed by atoms with Crippen molar-refractivity contribution in [2.45, 2.75) is 134 Å². The topological polar surface area (TPSA) is 142 Å². The Kier molecular flexibility index (Phi) is 21.9. The van der Waals surface area contributed by atoms with Crippen LogP contribution in [-0.4, -0.2) is 76.7 Å². The van der Waals surface area contributed by atoms with Gasteiger partial charge in [-0.25, -0.2) is 19.2 Å². The third kappa shape index (κ3) is 17.0. The second kappa shape index (κ2) is 27.7. The Hall–Kier alpha value is -6.04. The van der Waals surface area contributed by atoms with Crippen molar-refractivity contribution in [2.75, 3.05) is 52.9 Å². The van der Waals surface area contributed by atoms with Crippen LogP contribution in [0, 0.1) is 23.7 Å². The molecule has 0 aliphatic heterocycles. The van der Waals surface area contributed by atoms with E-state index in [2.05, 4.69) is 104 Å². The van der Waals surface area contributed by atoms with Crippen LogP contribution in [0.5, 0.6) is 23.0 Å². The molecule has 8 bridgehead atoms. The lowest BCUT2D eigenvalue weighted by Gasteiger charge is -2.25. The normalized spacial score (nSPS) is 12.2. The minimum absolute atomic E-state index is 0.199. The molecule has 0 atom stereocenters. The van der Waals surface area contributed by atoms with Crippen molar-refractivity contribution in [3.63, 3.8) is 0 Å². The van der Waals surface area contributed by atoms with Gasteiger partial charge in [-0.2, -0.15) is 0 Å². The van der Waals surface area contributed by atoms with Gasteiger partial charge >= 0.3 is 23.9 Å². The van der Waals surface area contributed by atoms with E-state index in [1.54, 1.807) is 27.7 Å². The zero-order valence-electron chi connectivity index (χ0n) is 45.1. The molecule has 12 nitrogen and oxygen atoms in total. The lowest BCUT2D eigenvalue weighted by molar-refractivity contribution is -0.146. The zero-order chi connectivity index (χ0) is 52.5. The summed E-state index contributed by atoms with van der Waals surface area (Å²) in [6.45, 7) is 24.0. The third-order valence-corrected chi connectivity index (χ3v) is 11.9. The summed E-state index contributed by atoms with van der Waals surface area (Å²) in [4.78, 5) is 52.7. The van der Waals surface area contributed by atoms with Gasteiger partial charge in [0.1, 0.15) is 23.0 Å². The van der Waals surface area contributed by atoms with E-state index in [1.807, 2.05) is 0 Å². The molecule has 12 heteroatoms. The molecule has 1 aliphatic rings. The molecule has 0 heterocycles. The van der Waals surface area contributed by atoms with E-state index in [-0.39, 0.29) is 52.9 Å². The van der Waals surface area contributed by atoms with E-state index < -0.39 is 23.9 Å². The minimum atomic E-state index is -0.499. The molecule has 0 amide bonds. The van der Waals surface area contributed by atoms with Crippen molar-refractivity contribution in [2.24, 2.45) is 23.7 Å². The van der Waals surface area contributed by atoms with Crippen molar-refractivity contribution >= 4 is 23.9 Å². The van der Waals surface area contributed by atoms with Crippen LogP contribution in [0.15, 0.2) is 48.5 Å². The van der Waals surface area contributed by atoms with Gasteiger partial charge in [-0.05, 0) is 144 Å². The Bertz CT molecular complexity index is 2050. The van der Waals surface area contributed by atoms with Crippen molar-refractivity contribution in [1.82, 2.24) is 0 Å². The van der Waals surface area contributed by atoms with E-state index >= 15 is 0 Å². The summed E-state index contributed by atoms with van der Waals surface area (Å²) >= 11 is 0. The monoisotopic (exact) mass is 993 g/mol. The van der Waals surface area contributed by atoms with Crippen molar-refractivity contribution in [3.8, 4) is 23.0 Å². The van der Waals surface area contributed by atoms with Crippen LogP contribution < -0.4 is 18.9 Å². The van der Waals surface area contributed by atoms with Gasteiger partial charge in [0.2, 0.25) is 0 Å². The molecule has 392 valence electrons. The lowest BCUT2D eigenvalue weighted by Crippen LogP contribution is -2.19. The largest absolute Gasteiger partial charge is 0.481 e. The van der Waals surface area contributed by atoms with Gasteiger partial charge < -0.3 is 37.9 Å². The van der Waals surface area contributed by atoms with Crippen LogP contribution in [0.3, 0.4) is 0 Å². The Labute approximate surface area is 428 Å². The Morgan fingerprint density at radius 3 is 0.639 bits per heavy atom. The number of hydrogen-bond acceptors (Lipinski definition) is 12. The average molecular weight is 993 g/mol. The van der Waals surface area contributed by atoms with Gasteiger partial charge in [0, 0.05) is 25.7 Å². The molecular formula is C60H80O12. The fraction of sp³-hybridized carbons (Fsp3) is 0.533. The first-order valence-electron chi connectivity index (χ1n) is 26.1. The first kappa shape index (κ1) is 56.9. The molecule has 0 radical (unpaired) electrons. The quantitative estimate of drug-likeness (QED) is 0.0429. The van der Waals surface area contributed by atoms with E-state index in [0.717, 1.165) is 92.4 Å². The van der Waals surface area contributed by atoms with Crippen LogP contribution >= 0.6 is 0 Å². The summed E-state index contributed by atoms with van der Waals surface area (Å²) in [5.74, 6) is 1.33. The molecule has 4 aromatic rings. The predicted molar refractivity (Wildman–Crippen MR) is 280 cm³/mol. The molecule has 0 spiro atoms. The molecule has 0 aromatic heterocycles. The SMILES string of the molecule is CCOC(=O)COc1c2cc(CC(C)C)cc1Cc1cc(CC(C)C)cc(c1OCC(=O)OCC)Cc1cc(CC(C)C)cc(c1OCC(=O)OCC)Cc1cc(CC(C)C)cc(c1OCC(=O)OCC)C2. The number of fused-ring (bicyclic) bond motifs is 8. The lowest BCUT2D eigenvalue weighted by atomic mass is 9.86. The molecular weight excluding hydrogens is 913 g/mol. The number of carbonyl (C=O) groups is 4. The number of rotatable bonds is 24. The summed E-state index contributed by atoms with van der Waals surface area (Å²) in [5.41, 5.74) is 10.9. The second-order valence-corrected chi connectivity index (χ2v) is 20.4. The standard InChI is InChI=1S/C60H80O12/c1-13-65-53(61)33-69-57-45-21-41(17-37(5)6)22-46(57)30-48-24-43(19-39(9)10)26-50(59(48)71-35-55(63)67-15-3)32-52-28-44(20-40(11)12)27-51(60(52)72-36-56(64)68-16-4)31-49-25-42(18-38(7)8)23-47(29-45)58(49)70-34-54(62)66-14-2/h21-28,37-40H,13-20,29-36H2,1-12H3. The predicted octanol–water partition coefficient (Wildman–Crippen LogP) is 10.9. The summed E-state index contributed by atoms with van der Waals surface area (Å²) < 4.78 is 48.3. The van der Waals surface area contributed by atoms with Gasteiger partial charge in [0.05, 0.1) is 26.4 Å². The molecule has 0 unspecified atom stereocenters. The van der Waals surface area contributed by atoms with Gasteiger partial charge in [0.25, 0.3) is 0 Å². The highest BCUT2D eigenvalue weighted by atomic mass is 16.6. The van der Waals surface area contributed by atoms with Gasteiger partial charge in [-0.15, -0.1) is 0 Å². The Morgan fingerprint density at radius 2 is 0.500 bits per heavy atom. The average Bonchev–Trinajstić information content (AvgIpc) is 3.27. The summed E-state index contributed by atoms with van der Waals surface area (Å²) in [6.07, 6.45) is 4.28. The Morgan fingerprint density at radius 1 is 0.333 bits per heavy atom. The minimum Gasteiger partial charge on any atom is -0.481 e. The number of ether oxygens (including phenoxy) is 8. The van der Waals surface area contributed by atoms with Crippen LogP contribution in [0.2, 0.25) is 0 Å². The number of esters is 4. The highest BCUT2D eigenvalue weighted by Gasteiger charge is 2.27. The maximum atomic E-state index is 13.2. The van der Waals surface area contributed by atoms with Crippen LogP contribution in [0.1, 0.15) is 150 Å². The molecule has 4 aromatic carbocycles. The highest BCUT2D eigenvalue weighted by Crippen LogP contribution is 2.42. The molecule has 0 saturated carbocycles. The fourth-order valence-electron chi connectivity index (χ4n) is 9.61.